The van der Waals surface area contributed by atoms with E-state index in [-0.39, 0.29) is 5.91 Å². The van der Waals surface area contributed by atoms with Gasteiger partial charge in [0, 0.05) is 31.1 Å². The van der Waals surface area contributed by atoms with E-state index in [1.165, 1.54) is 0 Å². The zero-order chi connectivity index (χ0) is 17.9. The molecule has 1 amide bonds. The van der Waals surface area contributed by atoms with Crippen LogP contribution in [0.4, 0.5) is 5.69 Å². The summed E-state index contributed by atoms with van der Waals surface area (Å²) in [4.78, 5) is 20.7. The minimum Gasteiger partial charge on any atom is -0.441 e. The highest BCUT2D eigenvalue weighted by Gasteiger charge is 2.07. The van der Waals surface area contributed by atoms with Crippen molar-refractivity contribution in [3.05, 3.63) is 66.9 Å². The number of oxazole rings is 1. The summed E-state index contributed by atoms with van der Waals surface area (Å²) >= 11 is 0. The lowest BCUT2D eigenvalue weighted by Gasteiger charge is -2.07. The van der Waals surface area contributed by atoms with Gasteiger partial charge in [-0.1, -0.05) is 12.1 Å². The van der Waals surface area contributed by atoms with Crippen LogP contribution in [-0.2, 0) is 11.3 Å². The number of rotatable bonds is 5. The van der Waals surface area contributed by atoms with Gasteiger partial charge >= 0.3 is 0 Å². The largest absolute Gasteiger partial charge is 0.441 e. The third-order valence-electron chi connectivity index (χ3n) is 4.18. The van der Waals surface area contributed by atoms with E-state index in [0.29, 0.717) is 24.6 Å². The van der Waals surface area contributed by atoms with Crippen LogP contribution in [0.15, 0.2) is 65.5 Å². The van der Waals surface area contributed by atoms with Gasteiger partial charge in [0.15, 0.2) is 11.7 Å². The number of hydrogen-bond donors (Lipinski definition) is 1. The van der Waals surface area contributed by atoms with E-state index in [4.69, 9.17) is 4.42 Å². The van der Waals surface area contributed by atoms with Gasteiger partial charge in [-0.3, -0.25) is 4.79 Å². The van der Waals surface area contributed by atoms with Crippen LogP contribution < -0.4 is 5.32 Å². The number of aryl methyl sites for hydroxylation is 2. The van der Waals surface area contributed by atoms with Gasteiger partial charge in [0.1, 0.15) is 0 Å². The molecule has 0 bridgehead atoms. The van der Waals surface area contributed by atoms with Crippen LogP contribution in [0.5, 0.6) is 0 Å². The normalized spacial score (nSPS) is 11.0. The molecule has 0 saturated carbocycles. The monoisotopic (exact) mass is 346 g/mol. The maximum atomic E-state index is 12.2. The number of benzene rings is 2. The summed E-state index contributed by atoms with van der Waals surface area (Å²) in [5.74, 6) is 1.31. The van der Waals surface area contributed by atoms with Crippen molar-refractivity contribution in [1.82, 2.24) is 14.5 Å². The third-order valence-corrected chi connectivity index (χ3v) is 4.18. The van der Waals surface area contributed by atoms with Crippen molar-refractivity contribution in [3.63, 3.8) is 0 Å². The molecule has 0 fully saturated rings. The van der Waals surface area contributed by atoms with Gasteiger partial charge in [-0.15, -0.1) is 0 Å². The lowest BCUT2D eigenvalue weighted by Crippen LogP contribution is -2.14. The molecule has 6 heteroatoms. The molecule has 0 atom stereocenters. The Bertz CT molecular complexity index is 1050. The fourth-order valence-corrected chi connectivity index (χ4v) is 2.85. The Morgan fingerprint density at radius 3 is 2.69 bits per heavy atom. The molecule has 0 unspecified atom stereocenters. The van der Waals surface area contributed by atoms with Gasteiger partial charge in [-0.2, -0.15) is 0 Å². The van der Waals surface area contributed by atoms with Crippen molar-refractivity contribution >= 4 is 22.6 Å². The Balaban J connectivity index is 1.37. The average molecular weight is 346 g/mol. The second-order valence-electron chi connectivity index (χ2n) is 6.05. The van der Waals surface area contributed by atoms with E-state index in [1.54, 1.807) is 12.5 Å². The summed E-state index contributed by atoms with van der Waals surface area (Å²) in [5.41, 5.74) is 3.65. The fraction of sp³-hybridized carbons (Fsp3) is 0.150. The number of amides is 1. The number of hydrogen-bond acceptors (Lipinski definition) is 4. The highest BCUT2D eigenvalue weighted by Crippen LogP contribution is 2.22. The molecule has 4 rings (SSSR count). The molecule has 0 spiro atoms. The number of anilines is 1. The topological polar surface area (TPSA) is 73.0 Å². The number of fused-ring (bicyclic) bond motifs is 1. The predicted octanol–water partition coefficient (Wildman–Crippen LogP) is 4.03. The van der Waals surface area contributed by atoms with Crippen LogP contribution >= 0.6 is 0 Å². The maximum absolute atomic E-state index is 12.2. The number of nitrogens with one attached hydrogen (secondary N) is 1. The molecule has 2 heterocycles. The minimum atomic E-state index is -0.0361. The average Bonchev–Trinajstić information content (AvgIpc) is 3.27. The highest BCUT2D eigenvalue weighted by molar-refractivity contribution is 5.91. The van der Waals surface area contributed by atoms with Crippen molar-refractivity contribution in [3.8, 4) is 11.3 Å². The van der Waals surface area contributed by atoms with E-state index < -0.39 is 0 Å². The molecule has 6 nitrogen and oxygen atoms in total. The van der Waals surface area contributed by atoms with Crippen molar-refractivity contribution in [2.24, 2.45) is 0 Å². The smallest absolute Gasteiger partial charge is 0.226 e. The Morgan fingerprint density at radius 2 is 1.92 bits per heavy atom. The van der Waals surface area contributed by atoms with Gasteiger partial charge in [-0.05, 0) is 36.4 Å². The Morgan fingerprint density at radius 1 is 1.12 bits per heavy atom. The van der Waals surface area contributed by atoms with E-state index in [9.17, 15) is 4.79 Å². The molecular weight excluding hydrogens is 328 g/mol. The number of imidazole rings is 1. The maximum Gasteiger partial charge on any atom is 0.226 e. The second kappa shape index (κ2) is 6.84. The SMILES string of the molecule is Cc1ncc(-c2ccc(NC(=O)CCn3cnc4ccccc43)cc2)o1. The number of nitrogens with zero attached hydrogens (tertiary/aromatic N) is 3. The van der Waals surface area contributed by atoms with E-state index in [0.717, 1.165) is 22.3 Å². The first-order chi connectivity index (χ1) is 12.7. The lowest BCUT2D eigenvalue weighted by molar-refractivity contribution is -0.116. The van der Waals surface area contributed by atoms with Crippen LogP contribution in [0.1, 0.15) is 12.3 Å². The summed E-state index contributed by atoms with van der Waals surface area (Å²) in [7, 11) is 0. The Hall–Kier alpha value is -3.41. The standard InChI is InChI=1S/C20H18N4O2/c1-14-21-12-19(26-14)15-6-8-16(9-7-15)23-20(25)10-11-24-13-22-17-4-2-3-5-18(17)24/h2-9,12-13H,10-11H2,1H3,(H,23,25). The van der Waals surface area contributed by atoms with Crippen LogP contribution in [0.3, 0.4) is 0 Å². The molecule has 0 aliphatic heterocycles. The van der Waals surface area contributed by atoms with Crippen molar-refractivity contribution in [2.75, 3.05) is 5.32 Å². The van der Waals surface area contributed by atoms with Gasteiger partial charge < -0.3 is 14.3 Å². The van der Waals surface area contributed by atoms with Crippen LogP contribution in [-0.4, -0.2) is 20.4 Å². The molecule has 130 valence electrons. The zero-order valence-corrected chi connectivity index (χ0v) is 14.3. The van der Waals surface area contributed by atoms with E-state index in [2.05, 4.69) is 15.3 Å². The molecular formula is C20H18N4O2. The molecule has 0 aliphatic carbocycles. The first kappa shape index (κ1) is 16.1. The second-order valence-corrected chi connectivity index (χ2v) is 6.05. The first-order valence-corrected chi connectivity index (χ1v) is 8.41. The molecule has 0 saturated heterocycles. The quantitative estimate of drug-likeness (QED) is 0.592. The summed E-state index contributed by atoms with van der Waals surface area (Å²) in [6.45, 7) is 2.39. The first-order valence-electron chi connectivity index (χ1n) is 8.41. The molecule has 2 aromatic carbocycles. The fourth-order valence-electron chi connectivity index (χ4n) is 2.85. The summed E-state index contributed by atoms with van der Waals surface area (Å²) in [5, 5.41) is 2.92. The molecule has 26 heavy (non-hydrogen) atoms. The van der Waals surface area contributed by atoms with Crippen molar-refractivity contribution in [2.45, 2.75) is 19.9 Å². The van der Waals surface area contributed by atoms with Crippen LogP contribution in [0, 0.1) is 6.92 Å². The van der Waals surface area contributed by atoms with Gasteiger partial charge in [0.05, 0.1) is 23.6 Å². The van der Waals surface area contributed by atoms with Crippen LogP contribution in [0.2, 0.25) is 0 Å². The lowest BCUT2D eigenvalue weighted by atomic mass is 10.1. The number of carbonyl (C=O) groups excluding carboxylic acids is 1. The number of para-hydroxylation sites is 2. The van der Waals surface area contributed by atoms with E-state index >= 15 is 0 Å². The van der Waals surface area contributed by atoms with E-state index in [1.807, 2.05) is 60.0 Å². The van der Waals surface area contributed by atoms with Gasteiger partial charge in [0.2, 0.25) is 5.91 Å². The summed E-state index contributed by atoms with van der Waals surface area (Å²) in [6, 6.07) is 15.4. The molecule has 0 aliphatic rings. The number of carbonyl (C=O) groups is 1. The summed E-state index contributed by atoms with van der Waals surface area (Å²) in [6.07, 6.45) is 3.84. The summed E-state index contributed by atoms with van der Waals surface area (Å²) < 4.78 is 7.49. The highest BCUT2D eigenvalue weighted by atomic mass is 16.4. The number of aromatic nitrogens is 3. The van der Waals surface area contributed by atoms with Crippen molar-refractivity contribution < 1.29 is 9.21 Å². The minimum absolute atomic E-state index is 0.0361. The molecule has 1 N–H and O–H groups in total. The zero-order valence-electron chi connectivity index (χ0n) is 14.3. The Kier molecular flexibility index (Phi) is 4.23. The predicted molar refractivity (Wildman–Crippen MR) is 99.7 cm³/mol. The van der Waals surface area contributed by atoms with Crippen molar-refractivity contribution in [1.29, 1.82) is 0 Å². The molecule has 2 aromatic heterocycles. The van der Waals surface area contributed by atoms with Crippen LogP contribution in [0.25, 0.3) is 22.4 Å². The molecule has 4 aromatic rings. The Labute approximate surface area is 150 Å². The third kappa shape index (κ3) is 3.35. The van der Waals surface area contributed by atoms with Gasteiger partial charge in [-0.25, -0.2) is 9.97 Å². The molecule has 0 radical (unpaired) electrons. The van der Waals surface area contributed by atoms with Gasteiger partial charge in [0.25, 0.3) is 0 Å².